The van der Waals surface area contributed by atoms with Crippen LogP contribution in [-0.4, -0.2) is 44.2 Å². The van der Waals surface area contributed by atoms with Crippen molar-refractivity contribution in [3.8, 4) is 11.8 Å². The standard InChI is InChI=1S/C17H22N2O2/c1-19(12-14-6-5-11-21-13-14)17(20)16-9-3-2-7-15(16)8-4-10-18/h2-3,7,9,14H,5-6,10-13,18H2,1H3. The summed E-state index contributed by atoms with van der Waals surface area (Å²) >= 11 is 0. The molecule has 4 heteroatoms. The van der Waals surface area contributed by atoms with Gasteiger partial charge in [0.1, 0.15) is 0 Å². The number of benzene rings is 1. The van der Waals surface area contributed by atoms with Crippen molar-refractivity contribution in [3.63, 3.8) is 0 Å². The number of ether oxygens (including phenoxy) is 1. The topological polar surface area (TPSA) is 55.6 Å². The number of amides is 1. The van der Waals surface area contributed by atoms with E-state index in [1.54, 1.807) is 4.90 Å². The van der Waals surface area contributed by atoms with Crippen LogP contribution in [0.5, 0.6) is 0 Å². The number of carbonyl (C=O) groups is 1. The lowest BCUT2D eigenvalue weighted by atomic mass is 10.0. The average Bonchev–Trinajstić information content (AvgIpc) is 2.53. The van der Waals surface area contributed by atoms with E-state index in [1.807, 2.05) is 31.3 Å². The molecule has 1 aromatic carbocycles. The molecular formula is C17H22N2O2. The third-order valence-electron chi connectivity index (χ3n) is 3.62. The van der Waals surface area contributed by atoms with Crippen LogP contribution in [0.2, 0.25) is 0 Å². The zero-order valence-electron chi connectivity index (χ0n) is 12.5. The van der Waals surface area contributed by atoms with E-state index in [0.29, 0.717) is 11.5 Å². The molecule has 4 nitrogen and oxygen atoms in total. The quantitative estimate of drug-likeness (QED) is 0.857. The van der Waals surface area contributed by atoms with Crippen LogP contribution in [0.1, 0.15) is 28.8 Å². The number of hydrogen-bond donors (Lipinski definition) is 1. The Morgan fingerprint density at radius 3 is 3.00 bits per heavy atom. The zero-order valence-corrected chi connectivity index (χ0v) is 12.5. The number of nitrogens with zero attached hydrogens (tertiary/aromatic N) is 1. The summed E-state index contributed by atoms with van der Waals surface area (Å²) in [5.41, 5.74) is 6.78. The Labute approximate surface area is 126 Å². The maximum Gasteiger partial charge on any atom is 0.254 e. The summed E-state index contributed by atoms with van der Waals surface area (Å²) in [5, 5.41) is 0. The maximum absolute atomic E-state index is 12.6. The van der Waals surface area contributed by atoms with Crippen molar-refractivity contribution in [2.75, 3.05) is 33.4 Å². The first-order valence-electron chi connectivity index (χ1n) is 7.33. The Kier molecular flexibility index (Phi) is 5.79. The molecule has 0 spiro atoms. The van der Waals surface area contributed by atoms with E-state index in [2.05, 4.69) is 11.8 Å². The van der Waals surface area contributed by atoms with Gasteiger partial charge in [0, 0.05) is 25.8 Å². The smallest absolute Gasteiger partial charge is 0.254 e. The highest BCUT2D eigenvalue weighted by Crippen LogP contribution is 2.16. The Balaban J connectivity index is 2.08. The molecule has 0 radical (unpaired) electrons. The lowest BCUT2D eigenvalue weighted by Gasteiger charge is -2.27. The molecule has 1 heterocycles. The molecule has 1 saturated heterocycles. The van der Waals surface area contributed by atoms with E-state index in [0.717, 1.165) is 38.2 Å². The van der Waals surface area contributed by atoms with Gasteiger partial charge >= 0.3 is 0 Å². The van der Waals surface area contributed by atoms with E-state index in [1.165, 1.54) is 0 Å². The summed E-state index contributed by atoms with van der Waals surface area (Å²) in [6.45, 7) is 2.59. The first-order valence-corrected chi connectivity index (χ1v) is 7.33. The van der Waals surface area contributed by atoms with Gasteiger partial charge in [-0.15, -0.1) is 0 Å². The van der Waals surface area contributed by atoms with Gasteiger partial charge in [-0.2, -0.15) is 0 Å². The van der Waals surface area contributed by atoms with Gasteiger partial charge in [0.2, 0.25) is 0 Å². The largest absolute Gasteiger partial charge is 0.381 e. The van der Waals surface area contributed by atoms with Crippen molar-refractivity contribution in [2.24, 2.45) is 11.7 Å². The van der Waals surface area contributed by atoms with Crippen LogP contribution < -0.4 is 5.73 Å². The monoisotopic (exact) mass is 286 g/mol. The minimum atomic E-state index is 0.00231. The van der Waals surface area contributed by atoms with Crippen molar-refractivity contribution < 1.29 is 9.53 Å². The molecule has 112 valence electrons. The van der Waals surface area contributed by atoms with E-state index < -0.39 is 0 Å². The second-order valence-electron chi connectivity index (χ2n) is 5.32. The molecule has 1 atom stereocenters. The summed E-state index contributed by atoms with van der Waals surface area (Å²) in [6, 6.07) is 7.41. The Morgan fingerprint density at radius 1 is 1.48 bits per heavy atom. The molecule has 1 aliphatic heterocycles. The summed E-state index contributed by atoms with van der Waals surface area (Å²) < 4.78 is 5.47. The predicted octanol–water partition coefficient (Wildman–Crippen LogP) is 1.50. The third-order valence-corrected chi connectivity index (χ3v) is 3.62. The van der Waals surface area contributed by atoms with Gasteiger partial charge in [0.15, 0.2) is 0 Å². The molecule has 2 rings (SSSR count). The third kappa shape index (κ3) is 4.32. The van der Waals surface area contributed by atoms with Crippen molar-refractivity contribution in [2.45, 2.75) is 12.8 Å². The fourth-order valence-corrected chi connectivity index (χ4v) is 2.55. The minimum absolute atomic E-state index is 0.00231. The van der Waals surface area contributed by atoms with Crippen molar-refractivity contribution in [3.05, 3.63) is 35.4 Å². The maximum atomic E-state index is 12.6. The molecule has 0 aromatic heterocycles. The predicted molar refractivity (Wildman–Crippen MR) is 82.9 cm³/mol. The molecule has 1 unspecified atom stereocenters. The Bertz CT molecular complexity index is 539. The number of carbonyl (C=O) groups excluding carboxylic acids is 1. The van der Waals surface area contributed by atoms with Crippen LogP contribution in [0.15, 0.2) is 24.3 Å². The molecule has 1 fully saturated rings. The number of hydrogen-bond acceptors (Lipinski definition) is 3. The molecule has 1 aliphatic rings. The van der Waals surface area contributed by atoms with Gasteiger partial charge < -0.3 is 15.4 Å². The summed E-state index contributed by atoms with van der Waals surface area (Å²) in [7, 11) is 1.84. The molecule has 0 aliphatic carbocycles. The highest BCUT2D eigenvalue weighted by molar-refractivity contribution is 5.96. The Hall–Kier alpha value is -1.83. The van der Waals surface area contributed by atoms with Gasteiger partial charge in [-0.25, -0.2) is 0 Å². The summed E-state index contributed by atoms with van der Waals surface area (Å²) in [6.07, 6.45) is 2.19. The number of rotatable bonds is 3. The molecule has 1 aromatic rings. The van der Waals surface area contributed by atoms with Crippen LogP contribution >= 0.6 is 0 Å². The summed E-state index contributed by atoms with van der Waals surface area (Å²) in [4.78, 5) is 14.4. The molecule has 1 amide bonds. The van der Waals surface area contributed by atoms with Crippen molar-refractivity contribution in [1.29, 1.82) is 0 Å². The summed E-state index contributed by atoms with van der Waals surface area (Å²) in [5.74, 6) is 6.20. The van der Waals surface area contributed by atoms with Crippen molar-refractivity contribution in [1.82, 2.24) is 4.90 Å². The van der Waals surface area contributed by atoms with Crippen LogP contribution in [0.25, 0.3) is 0 Å². The van der Waals surface area contributed by atoms with E-state index in [9.17, 15) is 4.79 Å². The first-order chi connectivity index (χ1) is 10.2. The first kappa shape index (κ1) is 15.6. The van der Waals surface area contributed by atoms with E-state index >= 15 is 0 Å². The second-order valence-corrected chi connectivity index (χ2v) is 5.32. The lowest BCUT2D eigenvalue weighted by molar-refractivity contribution is 0.0388. The van der Waals surface area contributed by atoms with Crippen LogP contribution in [0.3, 0.4) is 0 Å². The van der Waals surface area contributed by atoms with Crippen LogP contribution in [0.4, 0.5) is 0 Å². The number of nitrogens with two attached hydrogens (primary N) is 1. The minimum Gasteiger partial charge on any atom is -0.381 e. The zero-order chi connectivity index (χ0) is 15.1. The van der Waals surface area contributed by atoms with Gasteiger partial charge in [-0.1, -0.05) is 24.0 Å². The highest BCUT2D eigenvalue weighted by Gasteiger charge is 2.20. The fourth-order valence-electron chi connectivity index (χ4n) is 2.55. The normalized spacial score (nSPS) is 17.7. The van der Waals surface area contributed by atoms with Crippen molar-refractivity contribution >= 4 is 5.91 Å². The lowest BCUT2D eigenvalue weighted by Crippen LogP contribution is -2.35. The molecular weight excluding hydrogens is 264 g/mol. The molecule has 21 heavy (non-hydrogen) atoms. The van der Waals surface area contributed by atoms with Crippen LogP contribution in [0, 0.1) is 17.8 Å². The van der Waals surface area contributed by atoms with Gasteiger partial charge in [-0.05, 0) is 30.9 Å². The van der Waals surface area contributed by atoms with Gasteiger partial charge in [-0.3, -0.25) is 4.79 Å². The Morgan fingerprint density at radius 2 is 2.29 bits per heavy atom. The fraction of sp³-hybridized carbons (Fsp3) is 0.471. The second kappa shape index (κ2) is 7.82. The van der Waals surface area contributed by atoms with Gasteiger partial charge in [0.05, 0.1) is 18.7 Å². The molecule has 0 saturated carbocycles. The SMILES string of the molecule is CN(CC1CCCOC1)C(=O)c1ccccc1C#CCN. The average molecular weight is 286 g/mol. The molecule has 2 N–H and O–H groups in total. The molecule has 0 bridgehead atoms. The van der Waals surface area contributed by atoms with E-state index in [-0.39, 0.29) is 12.5 Å². The van der Waals surface area contributed by atoms with Gasteiger partial charge in [0.25, 0.3) is 5.91 Å². The van der Waals surface area contributed by atoms with E-state index in [4.69, 9.17) is 10.5 Å². The highest BCUT2D eigenvalue weighted by atomic mass is 16.5. The van der Waals surface area contributed by atoms with Crippen LogP contribution in [-0.2, 0) is 4.74 Å².